The third kappa shape index (κ3) is 69.8. The second kappa shape index (κ2) is 77.7. The molecule has 0 aromatic heterocycles. The summed E-state index contributed by atoms with van der Waals surface area (Å²) in [6.07, 6.45) is 3.15. The van der Waals surface area contributed by atoms with Crippen LogP contribution in [0.4, 0.5) is 0 Å². The average Bonchev–Trinajstić information content (AvgIpc) is 0.933. The molecule has 0 aromatic carbocycles. The Labute approximate surface area is 716 Å². The van der Waals surface area contributed by atoms with Gasteiger partial charge < -0.3 is 155 Å². The topological polar surface area (TPSA) is 655 Å². The Hall–Kier alpha value is -8.35. The lowest BCUT2D eigenvalue weighted by Gasteiger charge is -2.25. The molecule has 30 N–H and O–H groups in total. The highest BCUT2D eigenvalue weighted by molar-refractivity contribution is 5.82. The third-order valence-electron chi connectivity index (χ3n) is 18.9. The van der Waals surface area contributed by atoms with E-state index >= 15 is 0 Å². The van der Waals surface area contributed by atoms with Gasteiger partial charge in [-0.25, -0.2) is 0 Å². The van der Waals surface area contributed by atoms with Crippen molar-refractivity contribution in [3.63, 3.8) is 0 Å². The van der Waals surface area contributed by atoms with E-state index in [1.807, 2.05) is 41.2 Å². The molecule has 0 aliphatic carbocycles. The van der Waals surface area contributed by atoms with Crippen LogP contribution in [0.15, 0.2) is 0 Å². The number of nitrogens with one attached hydrogen (secondary N) is 14. The fourth-order valence-electron chi connectivity index (χ4n) is 11.9. The summed E-state index contributed by atoms with van der Waals surface area (Å²) in [6.45, 7) is 13.5. The van der Waals surface area contributed by atoms with Gasteiger partial charge in [0.25, 0.3) is 0 Å². The van der Waals surface area contributed by atoms with E-state index in [1.165, 1.54) is 0 Å². The molecule has 0 spiro atoms. The van der Waals surface area contributed by atoms with Gasteiger partial charge in [-0.2, -0.15) is 0 Å². The Morgan fingerprint density at radius 3 is 0.430 bits per heavy atom. The second-order valence-electron chi connectivity index (χ2n) is 29.0. The van der Waals surface area contributed by atoms with Gasteiger partial charge in [0.15, 0.2) is 0 Å². The molecule has 0 atom stereocenters. The van der Waals surface area contributed by atoms with Gasteiger partial charge in [0.1, 0.15) is 5.78 Å². The molecule has 0 saturated heterocycles. The largest absolute Gasteiger partial charge is 0.355 e. The third-order valence-corrected chi connectivity index (χ3v) is 18.9. The number of carbonyl (C=O) groups excluding carboxylic acids is 15. The zero-order valence-corrected chi connectivity index (χ0v) is 72.5. The smallest absolute Gasteiger partial charge is 0.221 e. The zero-order valence-electron chi connectivity index (χ0n) is 72.5. The monoisotopic (exact) mass is 1730 g/mol. The van der Waals surface area contributed by atoms with E-state index in [9.17, 15) is 71.9 Å². The summed E-state index contributed by atoms with van der Waals surface area (Å²) in [4.78, 5) is 207. The maximum Gasteiger partial charge on any atom is 0.221 e. The first-order valence-corrected chi connectivity index (χ1v) is 43.3. The van der Waals surface area contributed by atoms with Crippen molar-refractivity contribution in [2.45, 2.75) is 122 Å². The average molecular weight is 1730 g/mol. The molecule has 0 bridgehead atoms. The summed E-state index contributed by atoms with van der Waals surface area (Å²) in [6, 6.07) is 0. The first-order chi connectivity index (χ1) is 58.3. The van der Waals surface area contributed by atoms with Crippen LogP contribution in [0.1, 0.15) is 122 Å². The second-order valence-corrected chi connectivity index (χ2v) is 29.0. The van der Waals surface area contributed by atoms with Crippen LogP contribution in [0.2, 0.25) is 0 Å². The fourth-order valence-corrected chi connectivity index (χ4v) is 11.9. The number of ketones is 1. The molecule has 0 heterocycles. The number of hydrogen-bond acceptors (Lipinski definition) is 30. The van der Waals surface area contributed by atoms with E-state index in [0.717, 1.165) is 0 Å². The van der Waals surface area contributed by atoms with Crippen molar-refractivity contribution in [3.8, 4) is 0 Å². The van der Waals surface area contributed by atoms with Crippen LogP contribution in [0.3, 0.4) is 0 Å². The van der Waals surface area contributed by atoms with Crippen molar-refractivity contribution in [1.29, 1.82) is 0 Å². The first-order valence-electron chi connectivity index (χ1n) is 43.3. The highest BCUT2D eigenvalue weighted by Crippen LogP contribution is 2.05. The van der Waals surface area contributed by atoms with E-state index in [4.69, 9.17) is 45.9 Å². The van der Waals surface area contributed by atoms with Crippen LogP contribution in [0, 0.1) is 0 Å². The standard InChI is InChI=1S/C77H155N29O15/c1-2-4-64(108)93-35-57-104(50-14-73(117)98-40-61-105(52-16-72(116)94-36-56-100(42-6-63(107)5-3-20-78)43-7-65(109)86-28-21-79)53-17-75(119)95-37-58-101(44-8-66(110)87-29-22-80)45-9-67(111)88-30-23-81)51-15-74(118)99-41-62-106(54-18-76(120)96-38-59-102(46-10-68(112)89-31-24-82)47-11-69(113)90-32-25-83)55-19-77(121)97-39-60-103(48-12-70(114)91-33-26-84)49-13-71(115)92-34-27-85/h2-62,78-85H2,1H3,(H,86,109)(H,87,110)(H,88,111)(H,89,112)(H,90,113)(H,91,114)(H,92,115)(H,93,108)(H,94,116)(H,95,119)(H,96,120)(H,97,121)(H,98,117)(H,99,118). The quantitative estimate of drug-likeness (QED) is 0.0269. The molecule has 0 aliphatic rings. The van der Waals surface area contributed by atoms with Crippen molar-refractivity contribution in [2.75, 3.05) is 281 Å². The minimum absolute atomic E-state index is 0.00162. The van der Waals surface area contributed by atoms with Crippen LogP contribution in [-0.2, 0) is 71.9 Å². The fraction of sp³-hybridized carbons (Fsp3) is 0.805. The SMILES string of the molecule is CCCC(=O)NCCN(CCC(=O)NCCN(CCC(=O)NCCN(CCC(=O)CCCN)CCC(=O)NCCN)CCC(=O)NCCN(CCC(=O)NCCN)CCC(=O)NCCN)CCC(=O)NCCN(CCC(=O)NCCN(CCC(=O)NCCN)CCC(=O)NCCN)CCC(=O)NCCN(CCC(=O)NCCN)CCC(=O)NCCN. The lowest BCUT2D eigenvalue weighted by atomic mass is 10.1. The van der Waals surface area contributed by atoms with Crippen LogP contribution < -0.4 is 120 Å². The van der Waals surface area contributed by atoms with Crippen molar-refractivity contribution >= 4 is 88.5 Å². The first kappa shape index (κ1) is 113. The van der Waals surface area contributed by atoms with Crippen LogP contribution in [0.5, 0.6) is 0 Å². The van der Waals surface area contributed by atoms with Gasteiger partial charge in [-0.05, 0) is 19.4 Å². The van der Waals surface area contributed by atoms with Crippen LogP contribution in [0.25, 0.3) is 0 Å². The van der Waals surface area contributed by atoms with E-state index in [-0.39, 0.29) is 322 Å². The summed E-state index contributed by atoms with van der Waals surface area (Å²) in [7, 11) is 0. The van der Waals surface area contributed by atoms with Crippen LogP contribution >= 0.6 is 0 Å². The summed E-state index contributed by atoms with van der Waals surface area (Å²) in [5.74, 6) is -3.41. The highest BCUT2D eigenvalue weighted by Gasteiger charge is 2.21. The van der Waals surface area contributed by atoms with E-state index in [2.05, 4.69) is 74.4 Å². The molecule has 0 aromatic rings. The molecule has 121 heavy (non-hydrogen) atoms. The molecule has 44 nitrogen and oxygen atoms in total. The molecule has 0 unspecified atom stereocenters. The molecule has 0 rings (SSSR count). The molecule has 0 saturated carbocycles. The lowest BCUT2D eigenvalue weighted by molar-refractivity contribution is -0.124. The number of rotatable bonds is 82. The zero-order chi connectivity index (χ0) is 89.7. The van der Waals surface area contributed by atoms with Gasteiger partial charge in [-0.3, -0.25) is 71.9 Å². The van der Waals surface area contributed by atoms with E-state index < -0.39 is 0 Å². The summed E-state index contributed by atoms with van der Waals surface area (Å²) in [5.41, 5.74) is 44.5. The van der Waals surface area contributed by atoms with Crippen molar-refractivity contribution < 1.29 is 71.9 Å². The number of carbonyl (C=O) groups is 15. The lowest BCUT2D eigenvalue weighted by Crippen LogP contribution is -2.43. The molecule has 14 amide bonds. The number of Topliss-reactive ketones (excluding diaryl/α,β-unsaturated/α-hetero) is 1. The number of hydrogen-bond donors (Lipinski definition) is 22. The van der Waals surface area contributed by atoms with Crippen molar-refractivity contribution in [1.82, 2.24) is 109 Å². The Morgan fingerprint density at radius 1 is 0.165 bits per heavy atom. The van der Waals surface area contributed by atoms with E-state index in [1.54, 1.807) is 0 Å². The van der Waals surface area contributed by atoms with Gasteiger partial charge in [-0.1, -0.05) is 6.92 Å². The maximum absolute atomic E-state index is 13.7. The number of amides is 14. The molecule has 698 valence electrons. The predicted molar refractivity (Wildman–Crippen MR) is 463 cm³/mol. The van der Waals surface area contributed by atoms with Gasteiger partial charge in [0.2, 0.25) is 82.7 Å². The Balaban J connectivity index is 6.54. The Morgan fingerprint density at radius 2 is 0.298 bits per heavy atom. The van der Waals surface area contributed by atoms with Crippen molar-refractivity contribution in [3.05, 3.63) is 0 Å². The summed E-state index contributed by atoms with van der Waals surface area (Å²) in [5, 5.41) is 39.6. The Bertz CT molecular complexity index is 2480. The Kier molecular flexibility index (Phi) is 72.3. The normalized spacial score (nSPS) is 11.2. The van der Waals surface area contributed by atoms with Gasteiger partial charge in [0, 0.05) is 378 Å². The van der Waals surface area contributed by atoms with Gasteiger partial charge >= 0.3 is 0 Å². The number of nitrogens with zero attached hydrogens (tertiary/aromatic N) is 7. The van der Waals surface area contributed by atoms with Crippen molar-refractivity contribution in [2.24, 2.45) is 45.9 Å². The summed E-state index contributed by atoms with van der Waals surface area (Å²) >= 11 is 0. The van der Waals surface area contributed by atoms with Gasteiger partial charge in [-0.15, -0.1) is 0 Å². The highest BCUT2D eigenvalue weighted by atomic mass is 16.2. The minimum Gasteiger partial charge on any atom is -0.355 e. The van der Waals surface area contributed by atoms with E-state index in [0.29, 0.717) is 163 Å². The molecule has 0 fully saturated rings. The molecular weight excluding hydrogens is 1570 g/mol. The molecule has 0 aliphatic heterocycles. The maximum atomic E-state index is 13.7. The molecule has 44 heteroatoms. The van der Waals surface area contributed by atoms with Gasteiger partial charge in [0.05, 0.1) is 0 Å². The number of nitrogens with two attached hydrogens (primary N) is 8. The minimum atomic E-state index is -0.328. The molecular formula is C77H155N29O15. The molecule has 0 radical (unpaired) electrons. The predicted octanol–water partition coefficient (Wildman–Crippen LogP) is -11.0. The summed E-state index contributed by atoms with van der Waals surface area (Å²) < 4.78 is 0. The van der Waals surface area contributed by atoms with Crippen LogP contribution in [-0.4, -0.2) is 404 Å².